The van der Waals surface area contributed by atoms with Crippen molar-refractivity contribution < 1.29 is 8.83 Å². The maximum Gasteiger partial charge on any atom is 0.160 e. The van der Waals surface area contributed by atoms with Gasteiger partial charge in [0.05, 0.1) is 16.6 Å². The highest BCUT2D eigenvalue weighted by molar-refractivity contribution is 6.23. The van der Waals surface area contributed by atoms with Gasteiger partial charge in [-0.25, -0.2) is 15.0 Å². The van der Waals surface area contributed by atoms with Crippen molar-refractivity contribution >= 4 is 77.2 Å². The molecule has 0 bridgehead atoms. The van der Waals surface area contributed by atoms with Crippen molar-refractivity contribution in [2.45, 2.75) is 6.17 Å². The molecule has 0 amide bonds. The Kier molecular flexibility index (Phi) is 6.21. The van der Waals surface area contributed by atoms with Gasteiger partial charge in [-0.2, -0.15) is 0 Å². The van der Waals surface area contributed by atoms with E-state index in [9.17, 15) is 0 Å². The molecule has 0 saturated carbocycles. The van der Waals surface area contributed by atoms with Crippen molar-refractivity contribution in [1.82, 2.24) is 10.3 Å². The van der Waals surface area contributed by atoms with Crippen LogP contribution in [0.3, 0.4) is 0 Å². The predicted octanol–water partition coefficient (Wildman–Crippen LogP) is 11.3. The first-order valence-corrected chi connectivity index (χ1v) is 17.4. The van der Waals surface area contributed by atoms with Crippen LogP contribution >= 0.6 is 0 Å². The zero-order valence-electron chi connectivity index (χ0n) is 27.7. The van der Waals surface area contributed by atoms with Crippen LogP contribution in [0.15, 0.2) is 177 Å². The Morgan fingerprint density at radius 2 is 1.13 bits per heavy atom. The van der Waals surface area contributed by atoms with Gasteiger partial charge in [0.15, 0.2) is 5.84 Å². The van der Waals surface area contributed by atoms with Gasteiger partial charge in [-0.3, -0.25) is 0 Å². The number of hydrogen-bond donors (Lipinski definition) is 1. The van der Waals surface area contributed by atoms with E-state index in [1.807, 2.05) is 72.8 Å². The highest BCUT2D eigenvalue weighted by Gasteiger charge is 2.26. The topological polar surface area (TPSA) is 75.9 Å². The van der Waals surface area contributed by atoms with Crippen molar-refractivity contribution in [2.24, 2.45) is 9.98 Å². The molecule has 244 valence electrons. The second-order valence-corrected chi connectivity index (χ2v) is 13.1. The summed E-state index contributed by atoms with van der Waals surface area (Å²) in [7, 11) is 0. The van der Waals surface area contributed by atoms with Crippen LogP contribution < -0.4 is 5.32 Å². The van der Waals surface area contributed by atoms with Gasteiger partial charge in [0.25, 0.3) is 0 Å². The largest absolute Gasteiger partial charge is 0.456 e. The van der Waals surface area contributed by atoms with Crippen LogP contribution in [0.5, 0.6) is 0 Å². The zero-order valence-corrected chi connectivity index (χ0v) is 27.7. The van der Waals surface area contributed by atoms with E-state index in [1.54, 1.807) is 0 Å². The minimum absolute atomic E-state index is 0.422. The van der Waals surface area contributed by atoms with Gasteiger partial charge >= 0.3 is 0 Å². The Bertz CT molecular complexity index is 3120. The number of pyridine rings is 1. The summed E-state index contributed by atoms with van der Waals surface area (Å²) < 4.78 is 12.8. The number of amidine groups is 2. The molecule has 3 aromatic heterocycles. The van der Waals surface area contributed by atoms with E-state index in [1.165, 1.54) is 0 Å². The molecule has 6 nitrogen and oxygen atoms in total. The molecule has 1 unspecified atom stereocenters. The number of benzene rings is 7. The molecule has 1 atom stereocenters. The third kappa shape index (κ3) is 4.34. The van der Waals surface area contributed by atoms with E-state index in [-0.39, 0.29) is 0 Å². The zero-order chi connectivity index (χ0) is 34.2. The maximum atomic E-state index is 6.53. The lowest BCUT2D eigenvalue weighted by Crippen LogP contribution is -2.33. The van der Waals surface area contributed by atoms with E-state index in [4.69, 9.17) is 23.8 Å². The number of nitrogens with zero attached hydrogens (tertiary/aromatic N) is 3. The van der Waals surface area contributed by atoms with E-state index < -0.39 is 6.17 Å². The summed E-state index contributed by atoms with van der Waals surface area (Å²) in [5, 5.41) is 11.0. The minimum Gasteiger partial charge on any atom is -0.456 e. The second kappa shape index (κ2) is 11.2. The molecule has 0 spiro atoms. The quantitative estimate of drug-likeness (QED) is 0.202. The smallest absolute Gasteiger partial charge is 0.160 e. The molecule has 1 aliphatic heterocycles. The van der Waals surface area contributed by atoms with Gasteiger partial charge in [-0.1, -0.05) is 127 Å². The summed E-state index contributed by atoms with van der Waals surface area (Å²) >= 11 is 0. The average molecular weight is 669 g/mol. The van der Waals surface area contributed by atoms with Crippen molar-refractivity contribution in [3.8, 4) is 11.3 Å². The van der Waals surface area contributed by atoms with Crippen molar-refractivity contribution in [2.75, 3.05) is 0 Å². The van der Waals surface area contributed by atoms with Gasteiger partial charge in [-0.15, -0.1) is 0 Å². The predicted molar refractivity (Wildman–Crippen MR) is 211 cm³/mol. The molecule has 10 aromatic rings. The number of nitrogens with one attached hydrogen (secondary N) is 1. The van der Waals surface area contributed by atoms with E-state index in [2.05, 4.69) is 90.2 Å². The first-order valence-electron chi connectivity index (χ1n) is 17.4. The lowest BCUT2D eigenvalue weighted by molar-refractivity contribution is 0.668. The Balaban J connectivity index is 1.14. The Morgan fingerprint density at radius 3 is 1.96 bits per heavy atom. The van der Waals surface area contributed by atoms with E-state index in [0.29, 0.717) is 5.84 Å². The summed E-state index contributed by atoms with van der Waals surface area (Å²) in [6, 6.07) is 53.8. The standard InChI is InChI=1S/C46H28N4O2/c1-2-13-27(14-3-1)44-48-45(50-46(49-44)35-20-12-24-39-40(35)33-18-7-10-22-37(33)51-39)31-26-25-30(28-15-4-5-16-29(28)31)42-41-34-19-8-11-23-38(34)52-43(41)32-17-6-9-21-36(32)47-42/h1-26,45H,(H,48,49,50). The minimum atomic E-state index is -0.422. The molecule has 52 heavy (non-hydrogen) atoms. The summed E-state index contributed by atoms with van der Waals surface area (Å²) in [4.78, 5) is 15.8. The molecule has 1 N–H and O–H groups in total. The molecule has 4 heterocycles. The van der Waals surface area contributed by atoms with Crippen molar-refractivity contribution in [3.05, 3.63) is 174 Å². The molecule has 6 heteroatoms. The SMILES string of the molecule is c1ccc(C2=NC(c3cccc4oc5ccccc5c34)=NC(c3ccc(-c4nc5ccccc5c5oc6ccccc6c45)c4ccccc34)N2)cc1. The molecule has 0 saturated heterocycles. The third-order valence-electron chi connectivity index (χ3n) is 10.2. The van der Waals surface area contributed by atoms with Gasteiger partial charge in [0.2, 0.25) is 0 Å². The van der Waals surface area contributed by atoms with Crippen LogP contribution in [0, 0.1) is 0 Å². The Labute approximate surface area is 297 Å². The highest BCUT2D eigenvalue weighted by Crippen LogP contribution is 2.43. The Hall–Kier alpha value is -7.05. The molecule has 7 aromatic carbocycles. The molecule has 0 aliphatic carbocycles. The van der Waals surface area contributed by atoms with E-state index >= 15 is 0 Å². The van der Waals surface area contributed by atoms with Crippen molar-refractivity contribution in [3.63, 3.8) is 0 Å². The number of hydrogen-bond acceptors (Lipinski definition) is 6. The molecule has 0 radical (unpaired) electrons. The van der Waals surface area contributed by atoms with Crippen LogP contribution in [0.25, 0.3) is 76.8 Å². The monoisotopic (exact) mass is 668 g/mol. The number of furan rings is 2. The lowest BCUT2D eigenvalue weighted by Gasteiger charge is -2.25. The van der Waals surface area contributed by atoms with Gasteiger partial charge in [0.1, 0.15) is 34.3 Å². The molecular weight excluding hydrogens is 641 g/mol. The first kappa shape index (κ1) is 28.8. The third-order valence-corrected chi connectivity index (χ3v) is 10.2. The molecule has 1 aliphatic rings. The normalized spacial score (nSPS) is 14.7. The number of fused-ring (bicyclic) bond motifs is 9. The summed E-state index contributed by atoms with van der Waals surface area (Å²) in [5.74, 6) is 1.41. The molecule has 0 fully saturated rings. The van der Waals surface area contributed by atoms with Crippen LogP contribution in [0.4, 0.5) is 0 Å². The summed E-state index contributed by atoms with van der Waals surface area (Å²) in [5.41, 5.74) is 9.12. The number of para-hydroxylation sites is 3. The fraction of sp³-hybridized carbons (Fsp3) is 0.0217. The summed E-state index contributed by atoms with van der Waals surface area (Å²) in [6.07, 6.45) is -0.422. The first-order chi connectivity index (χ1) is 25.8. The van der Waals surface area contributed by atoms with Gasteiger partial charge < -0.3 is 14.2 Å². The number of aliphatic imine (C=N–C) groups is 2. The van der Waals surface area contributed by atoms with Crippen LogP contribution in [-0.4, -0.2) is 16.7 Å². The van der Waals surface area contributed by atoms with Crippen molar-refractivity contribution in [1.29, 1.82) is 0 Å². The van der Waals surface area contributed by atoms with Crippen LogP contribution in [0.1, 0.15) is 22.9 Å². The highest BCUT2D eigenvalue weighted by atomic mass is 16.3. The fourth-order valence-corrected chi connectivity index (χ4v) is 7.80. The van der Waals surface area contributed by atoms with E-state index in [0.717, 1.165) is 99.3 Å². The average Bonchev–Trinajstić information content (AvgIpc) is 3.80. The van der Waals surface area contributed by atoms with Gasteiger partial charge in [-0.05, 0) is 41.1 Å². The summed E-state index contributed by atoms with van der Waals surface area (Å²) in [6.45, 7) is 0. The second-order valence-electron chi connectivity index (χ2n) is 13.1. The van der Waals surface area contributed by atoms with Crippen LogP contribution in [0.2, 0.25) is 0 Å². The van der Waals surface area contributed by atoms with Gasteiger partial charge in [0, 0.05) is 43.8 Å². The Morgan fingerprint density at radius 1 is 0.481 bits per heavy atom. The number of rotatable bonds is 4. The number of aromatic nitrogens is 1. The van der Waals surface area contributed by atoms with Crippen LogP contribution in [-0.2, 0) is 0 Å². The maximum absolute atomic E-state index is 6.53. The molecular formula is C46H28N4O2. The fourth-order valence-electron chi connectivity index (χ4n) is 7.80. The molecule has 11 rings (SSSR count). The lowest BCUT2D eigenvalue weighted by atomic mass is 9.93.